The normalized spacial score (nSPS) is 18.2. The Morgan fingerprint density at radius 3 is 1.60 bits per heavy atom. The van der Waals surface area contributed by atoms with Crippen LogP contribution in [0.4, 0.5) is 8.78 Å². The maximum absolute atomic E-state index is 13.4. The van der Waals surface area contributed by atoms with Gasteiger partial charge >= 0.3 is 51.4 Å². The summed E-state index contributed by atoms with van der Waals surface area (Å²) in [7, 11) is 0. The number of hydrogen-bond donors (Lipinski definition) is 2. The molecule has 6 heterocycles. The first kappa shape index (κ1) is 50.4. The van der Waals surface area contributed by atoms with Crippen molar-refractivity contribution in [1.82, 2.24) is 24.7 Å². The van der Waals surface area contributed by atoms with Gasteiger partial charge < -0.3 is 47.8 Å². The average molecular weight is 938 g/mol. The minimum absolute atomic E-state index is 0. The molecule has 2 atom stereocenters. The molecule has 340 valence electrons. The van der Waals surface area contributed by atoms with Gasteiger partial charge in [-0.15, -0.1) is 0 Å². The van der Waals surface area contributed by atoms with Gasteiger partial charge in [-0.3, -0.25) is 14.4 Å². The zero-order valence-electron chi connectivity index (χ0n) is 39.0. The van der Waals surface area contributed by atoms with Crippen LogP contribution in [0.25, 0.3) is 44.7 Å². The Hall–Kier alpha value is -4.06. The van der Waals surface area contributed by atoms with E-state index in [-0.39, 0.29) is 124 Å². The Morgan fingerprint density at radius 1 is 0.738 bits per heavy atom. The Morgan fingerprint density at radius 2 is 1.20 bits per heavy atom. The van der Waals surface area contributed by atoms with E-state index in [4.69, 9.17) is 18.8 Å². The number of rotatable bonds is 7. The number of carbonyl (C=O) groups is 3. The summed E-state index contributed by atoms with van der Waals surface area (Å²) in [5.41, 5.74) is 6.19. The van der Waals surface area contributed by atoms with E-state index < -0.39 is 5.60 Å². The van der Waals surface area contributed by atoms with Crippen LogP contribution in [0.1, 0.15) is 106 Å². The van der Waals surface area contributed by atoms with Crippen molar-refractivity contribution in [1.29, 1.82) is 0 Å². The molecule has 0 spiro atoms. The number of benzene rings is 2. The van der Waals surface area contributed by atoms with Gasteiger partial charge in [-0.1, -0.05) is 27.7 Å². The predicted molar refractivity (Wildman–Crippen MR) is 236 cm³/mol. The fourth-order valence-electron chi connectivity index (χ4n) is 8.68. The van der Waals surface area contributed by atoms with E-state index in [9.17, 15) is 28.3 Å². The number of aliphatic hydroxyl groups is 1. The number of aromatic nitrogens is 2. The molecule has 0 bridgehead atoms. The summed E-state index contributed by atoms with van der Waals surface area (Å²) in [6.45, 7) is 15.8. The van der Waals surface area contributed by atoms with Crippen LogP contribution in [0.3, 0.4) is 0 Å². The average Bonchev–Trinajstić information content (AvgIpc) is 3.90. The van der Waals surface area contributed by atoms with Crippen molar-refractivity contribution in [3.63, 3.8) is 0 Å². The van der Waals surface area contributed by atoms with Gasteiger partial charge in [0, 0.05) is 60.1 Å². The molecule has 1 saturated carbocycles. The zero-order chi connectivity index (χ0) is 44.7. The van der Waals surface area contributed by atoms with E-state index in [1.165, 1.54) is 24.3 Å². The van der Waals surface area contributed by atoms with Gasteiger partial charge in [0.05, 0.1) is 37.1 Å². The molecule has 3 N–H and O–H groups in total. The van der Waals surface area contributed by atoms with Crippen molar-refractivity contribution < 1.29 is 108 Å². The number of hydrogen-bond acceptors (Lipinski definition) is 8. The monoisotopic (exact) mass is 936 g/mol. The first-order valence-corrected chi connectivity index (χ1v) is 22.0. The smallest absolute Gasteiger partial charge is 1.00 e. The minimum Gasteiger partial charge on any atom is -1.00 e. The number of nitrogens with zero attached hydrogens (tertiary/aromatic N) is 5. The van der Waals surface area contributed by atoms with Crippen LogP contribution in [-0.4, -0.2) is 104 Å². The van der Waals surface area contributed by atoms with E-state index in [0.717, 1.165) is 47.5 Å². The van der Waals surface area contributed by atoms with Gasteiger partial charge in [-0.25, -0.2) is 18.7 Å². The van der Waals surface area contributed by atoms with E-state index in [1.54, 1.807) is 46.2 Å². The molecule has 3 amide bonds. The van der Waals surface area contributed by atoms with Gasteiger partial charge in [-0.2, -0.15) is 0 Å². The quantitative estimate of drug-likeness (QED) is 0.230. The maximum Gasteiger partial charge on any atom is 1.00 e. The third-order valence-corrected chi connectivity index (χ3v) is 12.6. The summed E-state index contributed by atoms with van der Waals surface area (Å²) in [5, 5.41) is 12.7. The summed E-state index contributed by atoms with van der Waals surface area (Å²) in [4.78, 5) is 53.7. The van der Waals surface area contributed by atoms with Crippen molar-refractivity contribution in [2.45, 2.75) is 90.3 Å². The molecule has 3 fully saturated rings. The fraction of sp³-hybridized carbons (Fsp3) is 0.408. The molecule has 6 aromatic rings. The summed E-state index contributed by atoms with van der Waals surface area (Å²) in [6, 6.07) is 19.7. The Bertz CT molecular complexity index is 2680. The summed E-state index contributed by atoms with van der Waals surface area (Å²) in [5.74, 6) is -0.303. The molecule has 2 aliphatic heterocycles. The fourth-order valence-corrected chi connectivity index (χ4v) is 8.68. The number of quaternary nitrogens is 1. The minimum atomic E-state index is -1.23. The first-order valence-electron chi connectivity index (χ1n) is 22.0. The topological polar surface area (TPSA) is 150 Å². The van der Waals surface area contributed by atoms with Crippen LogP contribution in [0, 0.1) is 11.6 Å². The van der Waals surface area contributed by atoms with Gasteiger partial charge in [0.2, 0.25) is 0 Å². The molecule has 3 aliphatic rings. The van der Waals surface area contributed by atoms with Crippen molar-refractivity contribution in [3.05, 3.63) is 107 Å². The van der Waals surface area contributed by atoms with Gasteiger partial charge in [0.1, 0.15) is 28.3 Å². The van der Waals surface area contributed by atoms with Crippen molar-refractivity contribution in [2.75, 3.05) is 39.3 Å². The number of furan rings is 2. The SMILES string of the molecule is CC(C)c1cc(-c2ccc(F)cc2)nc2cc(C(=O)N3CCN(C(=O)C4(O)CCC4)C[C@H]3C)oc12.CC(C)c1cc(-c2ccc(F)cc2)nc2cc(C(=O)N3CC[NH2+]C[C@H]3C)oc12.[Cl-].[H-].[K+]. The van der Waals surface area contributed by atoms with Gasteiger partial charge in [0.25, 0.3) is 17.7 Å². The molecule has 9 rings (SSSR count). The van der Waals surface area contributed by atoms with E-state index in [1.807, 2.05) is 37.8 Å². The molecular formula is C49H56ClF2KN6O6. The van der Waals surface area contributed by atoms with Crippen LogP contribution < -0.4 is 69.1 Å². The van der Waals surface area contributed by atoms with Crippen molar-refractivity contribution in [3.8, 4) is 22.5 Å². The standard InChI is InChI=1S/C27H30FN3O4.C22H24FN3O2.ClH.K.H/c1-16(2)20-13-21(18-5-7-19(28)8-6-18)29-22-14-23(35-24(20)22)25(32)31-12-11-30(15-17(31)3)26(33)27(34)9-4-10-27;1-13(2)17-10-18(15-4-6-16(23)7-5-15)25-19-11-20(28-21(17)19)22(27)26-9-8-24-12-14(26)3;;;/h5-8,13-14,16-17,34H,4,9-12,15H2,1-3H3;4-7,10-11,13-14,24H,8-9,12H2,1-3H3;1H;;/q;;;+1;-1/t17-;14-;;;/m11.../s1. The molecular weight excluding hydrogens is 881 g/mol. The molecule has 0 unspecified atom stereocenters. The number of amides is 3. The molecule has 65 heavy (non-hydrogen) atoms. The Kier molecular flexibility index (Phi) is 16.1. The van der Waals surface area contributed by atoms with Crippen LogP contribution in [0.5, 0.6) is 0 Å². The number of fused-ring (bicyclic) bond motifs is 2. The number of halogens is 3. The Balaban J connectivity index is 0.000000242. The second-order valence-corrected chi connectivity index (χ2v) is 17.8. The number of nitrogens with two attached hydrogens (primary N) is 1. The van der Waals surface area contributed by atoms with Gasteiger partial charge in [0.15, 0.2) is 22.7 Å². The molecule has 4 aromatic heterocycles. The van der Waals surface area contributed by atoms with Crippen LogP contribution in [0.2, 0.25) is 0 Å². The van der Waals surface area contributed by atoms with Crippen LogP contribution >= 0.6 is 0 Å². The van der Waals surface area contributed by atoms with E-state index in [2.05, 4.69) is 26.1 Å². The number of pyridine rings is 2. The maximum atomic E-state index is 13.4. The van der Waals surface area contributed by atoms with Crippen molar-refractivity contribution >= 4 is 39.9 Å². The molecule has 12 nitrogen and oxygen atoms in total. The number of piperazine rings is 2. The van der Waals surface area contributed by atoms with Crippen LogP contribution in [0.15, 0.2) is 81.6 Å². The molecule has 2 saturated heterocycles. The molecule has 2 aromatic carbocycles. The second-order valence-electron chi connectivity index (χ2n) is 17.8. The predicted octanol–water partition coefficient (Wildman–Crippen LogP) is 1.63. The summed E-state index contributed by atoms with van der Waals surface area (Å²) >= 11 is 0. The molecule has 1 aliphatic carbocycles. The molecule has 0 radical (unpaired) electrons. The summed E-state index contributed by atoms with van der Waals surface area (Å²) in [6.07, 6.45) is 1.87. The van der Waals surface area contributed by atoms with Crippen molar-refractivity contribution in [2.24, 2.45) is 0 Å². The zero-order valence-corrected chi connectivity index (χ0v) is 41.9. The molecule has 16 heteroatoms. The van der Waals surface area contributed by atoms with E-state index >= 15 is 0 Å². The number of carbonyl (C=O) groups excluding carboxylic acids is 3. The Labute approximate surface area is 427 Å². The largest absolute Gasteiger partial charge is 1.00 e. The third-order valence-electron chi connectivity index (χ3n) is 12.6. The van der Waals surface area contributed by atoms with Gasteiger partial charge in [-0.05, 0) is 106 Å². The third kappa shape index (κ3) is 10.6. The summed E-state index contributed by atoms with van der Waals surface area (Å²) < 4.78 is 38.7. The second kappa shape index (κ2) is 20.8. The van der Waals surface area contributed by atoms with Crippen LogP contribution in [-0.2, 0) is 4.79 Å². The van der Waals surface area contributed by atoms with E-state index in [0.29, 0.717) is 72.7 Å². The first-order chi connectivity index (χ1) is 30.1.